The third-order valence-electron chi connectivity index (χ3n) is 7.46. The van der Waals surface area contributed by atoms with Gasteiger partial charge < -0.3 is 20.7 Å². The summed E-state index contributed by atoms with van der Waals surface area (Å²) in [7, 11) is 3.44. The second-order valence-electron chi connectivity index (χ2n) is 10.7. The summed E-state index contributed by atoms with van der Waals surface area (Å²) >= 11 is 0. The van der Waals surface area contributed by atoms with E-state index in [1.807, 2.05) is 0 Å². The van der Waals surface area contributed by atoms with E-state index < -0.39 is 28.7 Å². The molecule has 3 heterocycles. The van der Waals surface area contributed by atoms with Gasteiger partial charge in [-0.15, -0.1) is 0 Å². The molecule has 0 saturated carbocycles. The Morgan fingerprint density at radius 2 is 1.82 bits per heavy atom. The van der Waals surface area contributed by atoms with Gasteiger partial charge in [-0.05, 0) is 93.8 Å². The number of aromatic nitrogens is 4. The quantitative estimate of drug-likeness (QED) is 0.323. The summed E-state index contributed by atoms with van der Waals surface area (Å²) in [6, 6.07) is 11.4. The summed E-state index contributed by atoms with van der Waals surface area (Å²) in [6.07, 6.45) is 4.55. The number of carbonyl (C=O) groups excluding carboxylic acids is 1. The zero-order valence-corrected chi connectivity index (χ0v) is 24.6. The van der Waals surface area contributed by atoms with Crippen LogP contribution in [0.25, 0.3) is 5.69 Å². The molecule has 44 heavy (non-hydrogen) atoms. The number of aryl methyl sites for hydroxylation is 2. The van der Waals surface area contributed by atoms with Crippen LogP contribution in [-0.4, -0.2) is 50.3 Å². The number of carbonyl (C=O) groups is 1. The molecule has 0 spiro atoms. The van der Waals surface area contributed by atoms with Crippen LogP contribution in [0.15, 0.2) is 64.3 Å². The summed E-state index contributed by atoms with van der Waals surface area (Å²) in [5.41, 5.74) is 5.59. The minimum atomic E-state index is -0.936. The summed E-state index contributed by atoms with van der Waals surface area (Å²) in [5.74, 6) is 6.84. The maximum atomic E-state index is 13.4. The minimum absolute atomic E-state index is 0.105. The molecule has 0 aliphatic carbocycles. The van der Waals surface area contributed by atoms with E-state index in [4.69, 9.17) is 10.5 Å². The van der Waals surface area contributed by atoms with E-state index in [9.17, 15) is 18.8 Å². The Bertz CT molecular complexity index is 1880. The average molecular weight is 598 g/mol. The first-order valence-electron chi connectivity index (χ1n) is 14.1. The van der Waals surface area contributed by atoms with Crippen molar-refractivity contribution in [3.8, 4) is 29.0 Å². The highest BCUT2D eigenvalue weighted by atomic mass is 19.1. The minimum Gasteiger partial charge on any atom is -0.456 e. The van der Waals surface area contributed by atoms with Crippen molar-refractivity contribution in [2.24, 2.45) is 13.0 Å². The fourth-order valence-corrected chi connectivity index (χ4v) is 4.90. The van der Waals surface area contributed by atoms with Crippen LogP contribution in [-0.2, 0) is 7.05 Å². The molecule has 4 aromatic rings. The Hall–Kier alpha value is -5.28. The fraction of sp³-hybridized carbons (Fsp3) is 0.281. The molecular formula is C32H32FN7O4. The van der Waals surface area contributed by atoms with Crippen LogP contribution >= 0.6 is 0 Å². The largest absolute Gasteiger partial charge is 0.456 e. The van der Waals surface area contributed by atoms with Gasteiger partial charge in [-0.2, -0.15) is 5.10 Å². The Morgan fingerprint density at radius 3 is 2.52 bits per heavy atom. The van der Waals surface area contributed by atoms with Gasteiger partial charge in [0.05, 0.1) is 5.69 Å². The Balaban J connectivity index is 1.33. The first-order valence-corrected chi connectivity index (χ1v) is 14.1. The van der Waals surface area contributed by atoms with Gasteiger partial charge in [0.15, 0.2) is 0 Å². The monoisotopic (exact) mass is 597 g/mol. The van der Waals surface area contributed by atoms with Gasteiger partial charge in [-0.25, -0.2) is 23.4 Å². The molecule has 2 aromatic heterocycles. The highest BCUT2D eigenvalue weighted by Crippen LogP contribution is 2.31. The molecule has 1 saturated heterocycles. The number of nitrogens with one attached hydrogen (secondary N) is 1. The molecule has 3 N–H and O–H groups in total. The maximum absolute atomic E-state index is 13.4. The highest BCUT2D eigenvalue weighted by molar-refractivity contribution is 6.02. The SMILES string of the molecule is Cc1cc(NC(=O)c2nn(C)c(=O)n(-c3ccc(F)cc3)c2=O)ccc1Oc1ccnc(N)c1C#CCC1CCN(C)CC1. The Labute approximate surface area is 253 Å². The van der Waals surface area contributed by atoms with Crippen LogP contribution in [0.2, 0.25) is 0 Å². The van der Waals surface area contributed by atoms with Crippen LogP contribution in [0, 0.1) is 30.5 Å². The molecule has 226 valence electrons. The molecule has 0 bridgehead atoms. The summed E-state index contributed by atoms with van der Waals surface area (Å²) < 4.78 is 21.2. The first kappa shape index (κ1) is 30.2. The molecule has 11 nitrogen and oxygen atoms in total. The second-order valence-corrected chi connectivity index (χ2v) is 10.7. The fourth-order valence-electron chi connectivity index (χ4n) is 4.90. The number of halogens is 1. The lowest BCUT2D eigenvalue weighted by Gasteiger charge is -2.27. The van der Waals surface area contributed by atoms with E-state index in [1.54, 1.807) is 37.4 Å². The van der Waals surface area contributed by atoms with E-state index >= 15 is 0 Å². The number of nitrogens with two attached hydrogens (primary N) is 1. The number of pyridine rings is 1. The van der Waals surface area contributed by atoms with Gasteiger partial charge in [0.25, 0.3) is 11.5 Å². The van der Waals surface area contributed by atoms with Gasteiger partial charge in [0, 0.05) is 31.4 Å². The third kappa shape index (κ3) is 6.68. The summed E-state index contributed by atoms with van der Waals surface area (Å²) in [4.78, 5) is 45.3. The average Bonchev–Trinajstić information content (AvgIpc) is 2.99. The van der Waals surface area contributed by atoms with Crippen LogP contribution < -0.4 is 27.0 Å². The van der Waals surface area contributed by atoms with E-state index in [0.717, 1.165) is 53.7 Å². The number of piperidine rings is 1. The second kappa shape index (κ2) is 12.9. The van der Waals surface area contributed by atoms with Crippen LogP contribution in [0.4, 0.5) is 15.9 Å². The predicted octanol–water partition coefficient (Wildman–Crippen LogP) is 3.48. The smallest absolute Gasteiger partial charge is 0.351 e. The number of hydrogen-bond donors (Lipinski definition) is 2. The number of anilines is 2. The van der Waals surface area contributed by atoms with Crippen LogP contribution in [0.5, 0.6) is 11.5 Å². The van der Waals surface area contributed by atoms with E-state index in [1.165, 1.54) is 19.2 Å². The number of nitrogens with zero attached hydrogens (tertiary/aromatic N) is 5. The van der Waals surface area contributed by atoms with Crippen molar-refractivity contribution in [3.63, 3.8) is 0 Å². The highest BCUT2D eigenvalue weighted by Gasteiger charge is 2.20. The van der Waals surface area contributed by atoms with Gasteiger partial charge >= 0.3 is 5.69 Å². The van der Waals surface area contributed by atoms with Gasteiger partial charge in [-0.1, -0.05) is 11.8 Å². The van der Waals surface area contributed by atoms with E-state index in [0.29, 0.717) is 34.2 Å². The van der Waals surface area contributed by atoms with E-state index in [-0.39, 0.29) is 11.5 Å². The van der Waals surface area contributed by atoms with Gasteiger partial charge in [0.1, 0.15) is 28.7 Å². The molecule has 5 rings (SSSR count). The zero-order valence-electron chi connectivity index (χ0n) is 24.6. The Kier molecular flexibility index (Phi) is 8.87. The van der Waals surface area contributed by atoms with Crippen molar-refractivity contribution in [2.45, 2.75) is 26.2 Å². The van der Waals surface area contributed by atoms with Crippen molar-refractivity contribution in [1.82, 2.24) is 24.2 Å². The van der Waals surface area contributed by atoms with Crippen molar-refractivity contribution >= 4 is 17.4 Å². The third-order valence-corrected chi connectivity index (χ3v) is 7.46. The lowest BCUT2D eigenvalue weighted by atomic mass is 9.94. The molecule has 0 radical (unpaired) electrons. The normalized spacial score (nSPS) is 13.6. The molecule has 1 aliphatic rings. The van der Waals surface area contributed by atoms with Crippen LogP contribution in [0.1, 0.15) is 40.9 Å². The first-order chi connectivity index (χ1) is 21.1. The number of likely N-dealkylation sites (tertiary alicyclic amines) is 1. The lowest BCUT2D eigenvalue weighted by Crippen LogP contribution is -2.43. The van der Waals surface area contributed by atoms with Crippen molar-refractivity contribution in [1.29, 1.82) is 0 Å². The van der Waals surface area contributed by atoms with Gasteiger partial charge in [0.2, 0.25) is 5.69 Å². The Morgan fingerprint density at radius 1 is 1.09 bits per heavy atom. The number of benzene rings is 2. The predicted molar refractivity (Wildman–Crippen MR) is 165 cm³/mol. The molecule has 0 unspecified atom stereocenters. The van der Waals surface area contributed by atoms with E-state index in [2.05, 4.69) is 39.2 Å². The molecule has 0 atom stereocenters. The number of ether oxygens (including phenoxy) is 1. The van der Waals surface area contributed by atoms with Crippen LogP contribution in [0.3, 0.4) is 0 Å². The summed E-state index contributed by atoms with van der Waals surface area (Å²) in [5, 5.41) is 6.52. The number of nitrogen functional groups attached to an aromatic ring is 1. The maximum Gasteiger partial charge on any atom is 0.351 e. The zero-order chi connectivity index (χ0) is 31.4. The standard InChI is InChI=1S/C32H32FN7O4/c1-20-19-23(36-30(41)28-31(42)40(32(43)39(3)37-28)24-10-7-22(33)8-11-24)9-12-26(20)44-27-13-16-35-29(34)25(27)6-4-5-21-14-17-38(2)18-15-21/h7-13,16,19,21H,5,14-15,17-18H2,1-3H3,(H2,34,35)(H,36,41). The summed E-state index contributed by atoms with van der Waals surface area (Å²) in [6.45, 7) is 3.94. The molecule has 2 aromatic carbocycles. The molecular weight excluding hydrogens is 565 g/mol. The van der Waals surface area contributed by atoms with Crippen molar-refractivity contribution in [2.75, 3.05) is 31.2 Å². The molecule has 1 amide bonds. The number of hydrogen-bond acceptors (Lipinski definition) is 8. The lowest BCUT2D eigenvalue weighted by molar-refractivity contribution is 0.101. The molecule has 1 fully saturated rings. The number of rotatable bonds is 6. The topological polar surface area (TPSA) is 137 Å². The molecule has 1 aliphatic heterocycles. The van der Waals surface area contributed by atoms with Crippen molar-refractivity contribution < 1.29 is 13.9 Å². The number of amides is 1. The molecule has 12 heteroatoms. The van der Waals surface area contributed by atoms with Crippen molar-refractivity contribution in [3.05, 3.63) is 98.2 Å². The van der Waals surface area contributed by atoms with Gasteiger partial charge in [-0.3, -0.25) is 9.59 Å².